The largest absolute Gasteiger partial charge is 0.397 e. The number of benzene rings is 1. The summed E-state index contributed by atoms with van der Waals surface area (Å²) in [6.07, 6.45) is 9.14. The average molecular weight is 316 g/mol. The predicted molar refractivity (Wildman–Crippen MR) is 100 cm³/mol. The molecule has 0 saturated carbocycles. The van der Waals surface area contributed by atoms with E-state index >= 15 is 0 Å². The summed E-state index contributed by atoms with van der Waals surface area (Å²) >= 11 is 0. The summed E-state index contributed by atoms with van der Waals surface area (Å²) in [6, 6.07) is 6.75. The van der Waals surface area contributed by atoms with Gasteiger partial charge in [0, 0.05) is 19.6 Å². The first-order valence-corrected chi connectivity index (χ1v) is 9.58. The Kier molecular flexibility index (Phi) is 5.82. The molecule has 0 aromatic heterocycles. The molecule has 0 aliphatic carbocycles. The van der Waals surface area contributed by atoms with Crippen LogP contribution in [0.3, 0.4) is 0 Å². The molecule has 2 N–H and O–H groups in total. The Morgan fingerprint density at radius 1 is 1.09 bits per heavy atom. The second-order valence-corrected chi connectivity index (χ2v) is 7.59. The van der Waals surface area contributed by atoms with E-state index in [1.807, 2.05) is 0 Å². The fraction of sp³-hybridized carbons (Fsp3) is 0.700. The quantitative estimate of drug-likeness (QED) is 0.836. The van der Waals surface area contributed by atoms with Crippen molar-refractivity contribution in [3.05, 3.63) is 23.8 Å². The number of aryl methyl sites for hydroxylation is 1. The van der Waals surface area contributed by atoms with Crippen LogP contribution >= 0.6 is 0 Å². The number of likely N-dealkylation sites (tertiary alicyclic amines) is 1. The topological polar surface area (TPSA) is 32.5 Å². The van der Waals surface area contributed by atoms with Crippen LogP contribution in [0.15, 0.2) is 18.2 Å². The van der Waals surface area contributed by atoms with Crippen molar-refractivity contribution >= 4 is 11.4 Å². The number of hydrogen-bond acceptors (Lipinski definition) is 3. The summed E-state index contributed by atoms with van der Waals surface area (Å²) in [7, 11) is 0. The molecule has 0 bridgehead atoms. The molecule has 0 radical (unpaired) electrons. The molecule has 2 saturated heterocycles. The van der Waals surface area contributed by atoms with Gasteiger partial charge in [-0.1, -0.05) is 13.0 Å². The summed E-state index contributed by atoms with van der Waals surface area (Å²) in [5.41, 5.74) is 9.95. The van der Waals surface area contributed by atoms with E-state index in [0.717, 1.165) is 31.1 Å². The van der Waals surface area contributed by atoms with Crippen LogP contribution in [0, 0.1) is 5.92 Å². The van der Waals surface area contributed by atoms with Gasteiger partial charge in [-0.3, -0.25) is 0 Å². The van der Waals surface area contributed by atoms with Gasteiger partial charge < -0.3 is 15.5 Å². The number of nitrogens with zero attached hydrogens (tertiary/aromatic N) is 2. The minimum atomic E-state index is 0.878. The van der Waals surface area contributed by atoms with E-state index in [4.69, 9.17) is 5.73 Å². The highest BCUT2D eigenvalue weighted by molar-refractivity contribution is 5.68. The molecule has 3 rings (SSSR count). The molecule has 0 amide bonds. The standard InChI is InChI=1S/C20H33N3/c1-17-7-5-11-22(16-17)12-6-8-18-9-10-20(19(21)15-18)23-13-3-2-4-14-23/h9-10,15,17H,2-8,11-14,16,21H2,1H3. The van der Waals surface area contributed by atoms with Crippen molar-refractivity contribution in [2.45, 2.75) is 51.9 Å². The van der Waals surface area contributed by atoms with Gasteiger partial charge in [0.25, 0.3) is 0 Å². The molecule has 3 nitrogen and oxygen atoms in total. The average Bonchev–Trinajstić information content (AvgIpc) is 2.56. The van der Waals surface area contributed by atoms with Gasteiger partial charge >= 0.3 is 0 Å². The zero-order valence-electron chi connectivity index (χ0n) is 14.8. The van der Waals surface area contributed by atoms with Crippen molar-refractivity contribution < 1.29 is 0 Å². The first kappa shape index (κ1) is 16.6. The highest BCUT2D eigenvalue weighted by Gasteiger charge is 2.16. The number of piperidine rings is 2. The molecular formula is C20H33N3. The smallest absolute Gasteiger partial charge is 0.0600 e. The van der Waals surface area contributed by atoms with Gasteiger partial charge in [-0.25, -0.2) is 0 Å². The molecule has 2 fully saturated rings. The van der Waals surface area contributed by atoms with E-state index in [2.05, 4.69) is 34.9 Å². The molecule has 0 spiro atoms. The van der Waals surface area contributed by atoms with Gasteiger partial charge in [0.1, 0.15) is 0 Å². The van der Waals surface area contributed by atoms with Gasteiger partial charge in [0.2, 0.25) is 0 Å². The summed E-state index contributed by atoms with van der Waals surface area (Å²) in [5.74, 6) is 0.878. The third kappa shape index (κ3) is 4.63. The van der Waals surface area contributed by atoms with E-state index in [1.54, 1.807) is 0 Å². The Labute approximate surface area is 141 Å². The van der Waals surface area contributed by atoms with E-state index in [0.29, 0.717) is 0 Å². The second-order valence-electron chi connectivity index (χ2n) is 7.59. The molecular weight excluding hydrogens is 282 g/mol. The molecule has 1 aromatic carbocycles. The van der Waals surface area contributed by atoms with Gasteiger partial charge in [-0.2, -0.15) is 0 Å². The van der Waals surface area contributed by atoms with Crippen molar-refractivity contribution in [2.75, 3.05) is 43.4 Å². The maximum Gasteiger partial charge on any atom is 0.0600 e. The fourth-order valence-corrected chi connectivity index (χ4v) is 4.18. The Balaban J connectivity index is 1.49. The van der Waals surface area contributed by atoms with Crippen LogP contribution in [0.2, 0.25) is 0 Å². The molecule has 2 heterocycles. The number of hydrogen-bond donors (Lipinski definition) is 1. The summed E-state index contributed by atoms with van der Waals surface area (Å²) in [6.45, 7) is 8.52. The first-order valence-electron chi connectivity index (χ1n) is 9.58. The molecule has 1 atom stereocenters. The number of rotatable bonds is 5. The molecule has 128 valence electrons. The lowest BCUT2D eigenvalue weighted by atomic mass is 9.99. The lowest BCUT2D eigenvalue weighted by Crippen LogP contribution is -2.35. The summed E-state index contributed by atoms with van der Waals surface area (Å²) < 4.78 is 0. The Bertz CT molecular complexity index is 494. The maximum absolute atomic E-state index is 6.33. The third-order valence-electron chi connectivity index (χ3n) is 5.47. The highest BCUT2D eigenvalue weighted by Crippen LogP contribution is 2.27. The van der Waals surface area contributed by atoms with Crippen molar-refractivity contribution in [2.24, 2.45) is 5.92 Å². The van der Waals surface area contributed by atoms with Crippen LogP contribution in [-0.4, -0.2) is 37.6 Å². The molecule has 23 heavy (non-hydrogen) atoms. The summed E-state index contributed by atoms with van der Waals surface area (Å²) in [5, 5.41) is 0. The maximum atomic E-state index is 6.33. The normalized spacial score (nSPS) is 23.2. The van der Waals surface area contributed by atoms with Crippen LogP contribution in [-0.2, 0) is 6.42 Å². The van der Waals surface area contributed by atoms with Crippen molar-refractivity contribution in [3.63, 3.8) is 0 Å². The van der Waals surface area contributed by atoms with Gasteiger partial charge in [-0.05, 0) is 81.6 Å². The minimum Gasteiger partial charge on any atom is -0.397 e. The second kappa shape index (κ2) is 8.05. The SMILES string of the molecule is CC1CCCN(CCCc2ccc(N3CCCCC3)c(N)c2)C1. The Morgan fingerprint density at radius 3 is 2.65 bits per heavy atom. The zero-order chi connectivity index (χ0) is 16.1. The molecule has 2 aliphatic heterocycles. The van der Waals surface area contributed by atoms with Crippen LogP contribution in [0.5, 0.6) is 0 Å². The van der Waals surface area contributed by atoms with E-state index in [-0.39, 0.29) is 0 Å². The van der Waals surface area contributed by atoms with E-state index in [1.165, 1.54) is 69.4 Å². The first-order chi connectivity index (χ1) is 11.2. The van der Waals surface area contributed by atoms with E-state index in [9.17, 15) is 0 Å². The van der Waals surface area contributed by atoms with E-state index < -0.39 is 0 Å². The van der Waals surface area contributed by atoms with Crippen LogP contribution < -0.4 is 10.6 Å². The molecule has 1 unspecified atom stereocenters. The number of anilines is 2. The monoisotopic (exact) mass is 315 g/mol. The lowest BCUT2D eigenvalue weighted by Gasteiger charge is -2.31. The number of nitrogen functional groups attached to an aromatic ring is 1. The van der Waals surface area contributed by atoms with Crippen molar-refractivity contribution in [1.82, 2.24) is 4.90 Å². The van der Waals surface area contributed by atoms with Crippen molar-refractivity contribution in [3.8, 4) is 0 Å². The van der Waals surface area contributed by atoms with Gasteiger partial charge in [0.05, 0.1) is 11.4 Å². The Hall–Kier alpha value is -1.22. The highest BCUT2D eigenvalue weighted by atomic mass is 15.1. The van der Waals surface area contributed by atoms with Crippen LogP contribution in [0.1, 0.15) is 51.0 Å². The molecule has 1 aromatic rings. The predicted octanol–water partition coefficient (Wildman–Crippen LogP) is 3.92. The third-order valence-corrected chi connectivity index (χ3v) is 5.47. The van der Waals surface area contributed by atoms with Crippen molar-refractivity contribution in [1.29, 1.82) is 0 Å². The fourth-order valence-electron chi connectivity index (χ4n) is 4.18. The van der Waals surface area contributed by atoms with Gasteiger partial charge in [0.15, 0.2) is 0 Å². The van der Waals surface area contributed by atoms with Crippen LogP contribution in [0.4, 0.5) is 11.4 Å². The van der Waals surface area contributed by atoms with Gasteiger partial charge in [-0.15, -0.1) is 0 Å². The minimum absolute atomic E-state index is 0.878. The molecule has 2 aliphatic rings. The Morgan fingerprint density at radius 2 is 1.91 bits per heavy atom. The lowest BCUT2D eigenvalue weighted by molar-refractivity contribution is 0.182. The van der Waals surface area contributed by atoms with Crippen LogP contribution in [0.25, 0.3) is 0 Å². The zero-order valence-corrected chi connectivity index (χ0v) is 14.8. The number of nitrogens with two attached hydrogens (primary N) is 1. The summed E-state index contributed by atoms with van der Waals surface area (Å²) in [4.78, 5) is 5.09. The molecule has 3 heteroatoms.